The quantitative estimate of drug-likeness (QED) is 0.104. The topological polar surface area (TPSA) is 119 Å². The standard InChI is InChI=1S/C25H39NO3.C13H18O3/c27-20-24-14-10-15-25(19-24,22-28)21-26-16-7-1-2-8-17-29-18-9-6-13-23-11-4-3-5-12-23;1-7(2)9-5-10(8(3)4)12(14)11(6-9)13(15)16/h3-5,10-12,14-15,26-28H,1-2,6-9,13,16-22H2;5-8,14H,1-4H3,(H,15,16). The zero-order chi connectivity index (χ0) is 33.1. The molecule has 3 rings (SSSR count). The van der Waals surface area contributed by atoms with Gasteiger partial charge in [-0.25, -0.2) is 4.79 Å². The third-order valence-corrected chi connectivity index (χ3v) is 8.28. The van der Waals surface area contributed by atoms with Crippen molar-refractivity contribution < 1.29 is 30.0 Å². The molecule has 0 saturated heterocycles. The minimum Gasteiger partial charge on any atom is -0.507 e. The Kier molecular flexibility index (Phi) is 17.8. The maximum Gasteiger partial charge on any atom is 0.339 e. The summed E-state index contributed by atoms with van der Waals surface area (Å²) < 4.78 is 5.75. The van der Waals surface area contributed by atoms with Crippen molar-refractivity contribution >= 4 is 5.97 Å². The lowest BCUT2D eigenvalue weighted by Gasteiger charge is -2.32. The van der Waals surface area contributed by atoms with Crippen molar-refractivity contribution in [3.63, 3.8) is 0 Å². The molecule has 0 fully saturated rings. The van der Waals surface area contributed by atoms with Crippen LogP contribution in [0.1, 0.15) is 112 Å². The Bertz CT molecular complexity index is 1190. The van der Waals surface area contributed by atoms with Gasteiger partial charge >= 0.3 is 5.97 Å². The molecule has 5 N–H and O–H groups in total. The largest absolute Gasteiger partial charge is 0.507 e. The fourth-order valence-electron chi connectivity index (χ4n) is 5.39. The highest BCUT2D eigenvalue weighted by molar-refractivity contribution is 5.91. The van der Waals surface area contributed by atoms with Crippen LogP contribution in [0.2, 0.25) is 0 Å². The van der Waals surface area contributed by atoms with Crippen LogP contribution in [0.3, 0.4) is 0 Å². The molecule has 1 atom stereocenters. The predicted octanol–water partition coefficient (Wildman–Crippen LogP) is 7.37. The summed E-state index contributed by atoms with van der Waals surface area (Å²) in [5.41, 5.74) is 3.78. The predicted molar refractivity (Wildman–Crippen MR) is 183 cm³/mol. The Morgan fingerprint density at radius 3 is 2.24 bits per heavy atom. The maximum absolute atomic E-state index is 11.0. The monoisotopic (exact) mass is 623 g/mol. The highest BCUT2D eigenvalue weighted by Crippen LogP contribution is 2.33. The number of aromatic carboxylic acids is 1. The number of unbranched alkanes of at least 4 members (excludes halogenated alkanes) is 4. The Labute approximate surface area is 271 Å². The fourth-order valence-corrected chi connectivity index (χ4v) is 5.39. The molecule has 0 aromatic heterocycles. The number of phenols is 1. The molecule has 0 bridgehead atoms. The Hall–Kier alpha value is -2.97. The van der Waals surface area contributed by atoms with E-state index in [2.05, 4.69) is 41.7 Å². The van der Waals surface area contributed by atoms with E-state index in [0.717, 1.165) is 69.5 Å². The summed E-state index contributed by atoms with van der Waals surface area (Å²) >= 11 is 0. The minimum atomic E-state index is -1.08. The average molecular weight is 624 g/mol. The van der Waals surface area contributed by atoms with Crippen molar-refractivity contribution in [2.75, 3.05) is 39.5 Å². The summed E-state index contributed by atoms with van der Waals surface area (Å²) in [4.78, 5) is 11.0. The smallest absolute Gasteiger partial charge is 0.339 e. The van der Waals surface area contributed by atoms with E-state index in [1.807, 2.05) is 45.9 Å². The zero-order valence-electron chi connectivity index (χ0n) is 27.9. The molecule has 0 saturated carbocycles. The highest BCUT2D eigenvalue weighted by atomic mass is 16.5. The number of rotatable bonds is 19. The van der Waals surface area contributed by atoms with Gasteiger partial charge in [-0.15, -0.1) is 0 Å². The number of aliphatic hydroxyl groups excluding tert-OH is 2. The van der Waals surface area contributed by atoms with Gasteiger partial charge in [-0.1, -0.05) is 95.2 Å². The molecule has 0 aliphatic heterocycles. The number of ether oxygens (including phenoxy) is 1. The summed E-state index contributed by atoms with van der Waals surface area (Å²) in [6, 6.07) is 14.1. The van der Waals surface area contributed by atoms with E-state index >= 15 is 0 Å². The molecule has 45 heavy (non-hydrogen) atoms. The Balaban J connectivity index is 0.000000372. The third-order valence-electron chi connectivity index (χ3n) is 8.28. The number of allylic oxidation sites excluding steroid dienone is 2. The molecule has 0 radical (unpaired) electrons. The molecule has 1 aliphatic rings. The molecule has 0 spiro atoms. The van der Waals surface area contributed by atoms with Crippen molar-refractivity contribution in [1.29, 1.82) is 0 Å². The Morgan fingerprint density at radius 2 is 1.62 bits per heavy atom. The summed E-state index contributed by atoms with van der Waals surface area (Å²) in [7, 11) is 0. The van der Waals surface area contributed by atoms with Gasteiger partial charge < -0.3 is 30.5 Å². The molecular formula is C38H57NO6. The number of benzene rings is 2. The van der Waals surface area contributed by atoms with Crippen LogP contribution in [0.25, 0.3) is 0 Å². The second kappa shape index (κ2) is 20.9. The van der Waals surface area contributed by atoms with Crippen molar-refractivity contribution in [2.45, 2.75) is 90.9 Å². The lowest BCUT2D eigenvalue weighted by molar-refractivity contribution is 0.0693. The number of hydrogen-bond acceptors (Lipinski definition) is 6. The first-order valence-electron chi connectivity index (χ1n) is 16.6. The lowest BCUT2D eigenvalue weighted by atomic mass is 9.79. The van der Waals surface area contributed by atoms with Crippen LogP contribution in [0, 0.1) is 5.41 Å². The third kappa shape index (κ3) is 13.9. The van der Waals surface area contributed by atoms with Gasteiger partial charge in [0.25, 0.3) is 0 Å². The number of carboxylic acids is 1. The molecule has 1 unspecified atom stereocenters. The van der Waals surface area contributed by atoms with Gasteiger partial charge in [0.15, 0.2) is 0 Å². The second-order valence-corrected chi connectivity index (χ2v) is 12.8. The summed E-state index contributed by atoms with van der Waals surface area (Å²) in [6.07, 6.45) is 14.8. The van der Waals surface area contributed by atoms with Crippen molar-refractivity contribution in [3.05, 3.63) is 88.5 Å². The van der Waals surface area contributed by atoms with Crippen molar-refractivity contribution in [3.8, 4) is 5.75 Å². The molecule has 7 heteroatoms. The number of aryl methyl sites for hydroxylation is 1. The average Bonchev–Trinajstić information content (AvgIpc) is 3.03. The second-order valence-electron chi connectivity index (χ2n) is 12.8. The number of carboxylic acid groups (broad SMARTS) is 1. The fraction of sp³-hybridized carbons (Fsp3) is 0.553. The van der Waals surface area contributed by atoms with Gasteiger partial charge in [-0.2, -0.15) is 0 Å². The van der Waals surface area contributed by atoms with Gasteiger partial charge in [-0.05, 0) is 85.2 Å². The SMILES string of the molecule is CC(C)c1cc(C(=O)O)c(O)c(C(C)C)c1.OCC1=CC=CC(CO)(CNCCCCCCOCCCCc2ccccc2)C1. The first-order valence-corrected chi connectivity index (χ1v) is 16.6. The van der Waals surface area contributed by atoms with Crippen molar-refractivity contribution in [1.82, 2.24) is 5.32 Å². The Morgan fingerprint density at radius 1 is 0.933 bits per heavy atom. The van der Waals surface area contributed by atoms with Gasteiger partial charge in [0, 0.05) is 25.2 Å². The van der Waals surface area contributed by atoms with Gasteiger partial charge in [0.2, 0.25) is 0 Å². The van der Waals surface area contributed by atoms with E-state index in [1.54, 1.807) is 6.07 Å². The normalized spacial score (nSPS) is 16.0. The summed E-state index contributed by atoms with van der Waals surface area (Å²) in [6.45, 7) is 11.5. The van der Waals surface area contributed by atoms with Gasteiger partial charge in [0.05, 0.1) is 13.2 Å². The molecule has 0 amide bonds. The number of nitrogens with one attached hydrogen (secondary N) is 1. The first kappa shape index (κ1) is 38.2. The molecular weight excluding hydrogens is 566 g/mol. The van der Waals surface area contributed by atoms with Crippen LogP contribution in [0.15, 0.2) is 66.3 Å². The molecule has 250 valence electrons. The van der Waals surface area contributed by atoms with E-state index in [9.17, 15) is 20.1 Å². The van der Waals surface area contributed by atoms with E-state index in [-0.39, 0.29) is 41.8 Å². The van der Waals surface area contributed by atoms with Crippen LogP contribution in [0.4, 0.5) is 0 Å². The molecule has 7 nitrogen and oxygen atoms in total. The van der Waals surface area contributed by atoms with E-state index in [4.69, 9.17) is 9.84 Å². The highest BCUT2D eigenvalue weighted by Gasteiger charge is 2.28. The van der Waals surface area contributed by atoms with E-state index in [1.165, 1.54) is 24.8 Å². The molecule has 1 aliphatic carbocycles. The van der Waals surface area contributed by atoms with Crippen LogP contribution in [0.5, 0.6) is 5.75 Å². The number of carbonyl (C=O) groups is 1. The zero-order valence-corrected chi connectivity index (χ0v) is 27.9. The summed E-state index contributed by atoms with van der Waals surface area (Å²) in [5.74, 6) is -0.832. The number of hydrogen-bond donors (Lipinski definition) is 5. The van der Waals surface area contributed by atoms with E-state index in [0.29, 0.717) is 5.56 Å². The van der Waals surface area contributed by atoms with Crippen LogP contribution < -0.4 is 5.32 Å². The maximum atomic E-state index is 11.0. The molecule has 2 aromatic rings. The van der Waals surface area contributed by atoms with Gasteiger partial charge in [0.1, 0.15) is 11.3 Å². The van der Waals surface area contributed by atoms with Crippen LogP contribution >= 0.6 is 0 Å². The van der Waals surface area contributed by atoms with Crippen LogP contribution in [-0.2, 0) is 11.2 Å². The number of aliphatic hydroxyl groups is 2. The van der Waals surface area contributed by atoms with Crippen molar-refractivity contribution in [2.24, 2.45) is 5.41 Å². The molecule has 2 aromatic carbocycles. The van der Waals surface area contributed by atoms with E-state index < -0.39 is 5.97 Å². The minimum absolute atomic E-state index is 0.00472. The molecule has 0 heterocycles. The van der Waals surface area contributed by atoms with Gasteiger partial charge in [-0.3, -0.25) is 0 Å². The summed E-state index contributed by atoms with van der Waals surface area (Å²) in [5, 5.41) is 41.5. The van der Waals surface area contributed by atoms with Crippen LogP contribution in [-0.4, -0.2) is 65.9 Å². The first-order chi connectivity index (χ1) is 21.6. The number of aromatic hydroxyl groups is 1. The lowest BCUT2D eigenvalue weighted by Crippen LogP contribution is -2.37.